The highest BCUT2D eigenvalue weighted by Crippen LogP contribution is 2.33. The van der Waals surface area contributed by atoms with Gasteiger partial charge in [0.25, 0.3) is 0 Å². The van der Waals surface area contributed by atoms with Gasteiger partial charge in [0.15, 0.2) is 5.84 Å². The van der Waals surface area contributed by atoms with Gasteiger partial charge in [-0.05, 0) is 38.0 Å². The topological polar surface area (TPSA) is 99.7 Å². The van der Waals surface area contributed by atoms with Crippen LogP contribution in [0.2, 0.25) is 0 Å². The zero-order valence-electron chi connectivity index (χ0n) is 11.9. The Balaban J connectivity index is 2.70. The third kappa shape index (κ3) is 4.01. The van der Waals surface area contributed by atoms with Gasteiger partial charge in [-0.1, -0.05) is 25.4 Å². The van der Waals surface area contributed by atoms with Crippen LogP contribution in [-0.4, -0.2) is 29.2 Å². The molecule has 110 valence electrons. The van der Waals surface area contributed by atoms with Gasteiger partial charge >= 0.3 is 6.03 Å². The Hall–Kier alpha value is -1.46. The number of nitrogens with one attached hydrogen (secondary N) is 2. The van der Waals surface area contributed by atoms with Crippen LogP contribution >= 0.6 is 0 Å². The first-order valence-corrected chi connectivity index (χ1v) is 7.12. The van der Waals surface area contributed by atoms with Crippen molar-refractivity contribution in [2.45, 2.75) is 57.9 Å². The summed E-state index contributed by atoms with van der Waals surface area (Å²) in [6.07, 6.45) is 5.43. The van der Waals surface area contributed by atoms with Crippen LogP contribution in [0.3, 0.4) is 0 Å². The molecule has 19 heavy (non-hydrogen) atoms. The van der Waals surface area contributed by atoms with Gasteiger partial charge in [0.05, 0.1) is 0 Å². The normalized spacial score (nSPS) is 27.9. The molecule has 1 aliphatic rings. The van der Waals surface area contributed by atoms with E-state index >= 15 is 0 Å². The Labute approximate surface area is 114 Å². The largest absolute Gasteiger partial charge is 0.409 e. The second-order valence-corrected chi connectivity index (χ2v) is 5.30. The number of amidine groups is 1. The molecular weight excluding hydrogens is 244 g/mol. The lowest BCUT2D eigenvalue weighted by molar-refractivity contribution is 0.208. The van der Waals surface area contributed by atoms with Crippen LogP contribution in [0.5, 0.6) is 0 Å². The number of oxime groups is 1. The summed E-state index contributed by atoms with van der Waals surface area (Å²) < 4.78 is 0. The van der Waals surface area contributed by atoms with Crippen LogP contribution in [-0.2, 0) is 0 Å². The molecule has 0 aromatic heterocycles. The highest BCUT2D eigenvalue weighted by molar-refractivity contribution is 5.93. The van der Waals surface area contributed by atoms with Gasteiger partial charge in [0.2, 0.25) is 0 Å². The number of rotatable bonds is 5. The number of amides is 2. The molecule has 0 radical (unpaired) electrons. The summed E-state index contributed by atoms with van der Waals surface area (Å²) in [6, 6.07) is -0.247. The van der Waals surface area contributed by atoms with E-state index in [1.165, 1.54) is 0 Å². The van der Waals surface area contributed by atoms with Crippen LogP contribution in [0.1, 0.15) is 52.4 Å². The number of carbonyl (C=O) groups excluding carboxylic acids is 1. The molecule has 1 fully saturated rings. The molecule has 0 aromatic rings. The van der Waals surface area contributed by atoms with Crippen LogP contribution in [0.4, 0.5) is 4.79 Å². The van der Waals surface area contributed by atoms with Crippen molar-refractivity contribution in [2.24, 2.45) is 16.8 Å². The molecule has 0 bridgehead atoms. The molecule has 5 N–H and O–H groups in total. The van der Waals surface area contributed by atoms with E-state index in [9.17, 15) is 4.79 Å². The molecule has 0 spiro atoms. The number of urea groups is 1. The van der Waals surface area contributed by atoms with E-state index in [1.807, 2.05) is 6.92 Å². The van der Waals surface area contributed by atoms with Crippen LogP contribution in [0.15, 0.2) is 5.16 Å². The van der Waals surface area contributed by atoms with Gasteiger partial charge in [0, 0.05) is 6.54 Å². The van der Waals surface area contributed by atoms with E-state index in [4.69, 9.17) is 10.9 Å². The number of hydrogen-bond acceptors (Lipinski definition) is 3. The first kappa shape index (κ1) is 15.6. The molecule has 0 atom stereocenters. The molecule has 6 nitrogen and oxygen atoms in total. The van der Waals surface area contributed by atoms with E-state index in [0.29, 0.717) is 12.5 Å². The Bertz CT molecular complexity index is 323. The maximum absolute atomic E-state index is 11.8. The van der Waals surface area contributed by atoms with E-state index in [-0.39, 0.29) is 11.9 Å². The molecular formula is C13H26N4O2. The maximum atomic E-state index is 11.8. The lowest BCUT2D eigenvalue weighted by Gasteiger charge is -2.39. The summed E-state index contributed by atoms with van der Waals surface area (Å²) in [5.41, 5.74) is 5.11. The zero-order valence-corrected chi connectivity index (χ0v) is 11.9. The highest BCUT2D eigenvalue weighted by atomic mass is 16.4. The Kier molecular flexibility index (Phi) is 5.92. The average Bonchev–Trinajstić information content (AvgIpc) is 2.44. The number of hydrogen-bond donors (Lipinski definition) is 4. The monoisotopic (exact) mass is 270 g/mol. The van der Waals surface area contributed by atoms with Gasteiger partial charge < -0.3 is 21.6 Å². The third-order valence-electron chi connectivity index (χ3n) is 4.02. The third-order valence-corrected chi connectivity index (χ3v) is 4.02. The van der Waals surface area contributed by atoms with E-state index in [0.717, 1.165) is 38.5 Å². The van der Waals surface area contributed by atoms with E-state index in [1.54, 1.807) is 0 Å². The van der Waals surface area contributed by atoms with E-state index in [2.05, 4.69) is 22.7 Å². The summed E-state index contributed by atoms with van der Waals surface area (Å²) in [6.45, 7) is 4.78. The minimum Gasteiger partial charge on any atom is -0.409 e. The Morgan fingerprint density at radius 2 is 2.05 bits per heavy atom. The molecule has 0 aliphatic heterocycles. The van der Waals surface area contributed by atoms with Gasteiger partial charge in [-0.25, -0.2) is 4.79 Å². The van der Waals surface area contributed by atoms with Crippen molar-refractivity contribution in [3.8, 4) is 0 Å². The smallest absolute Gasteiger partial charge is 0.315 e. The second kappa shape index (κ2) is 7.21. The summed E-state index contributed by atoms with van der Waals surface area (Å²) >= 11 is 0. The fourth-order valence-corrected chi connectivity index (χ4v) is 2.62. The standard InChI is InChI=1S/C13H26N4O2/c1-3-9-15-12(18)16-13(11(14)17-19)7-5-10(4-2)6-8-13/h10,19H,3-9H2,1-2H3,(H2,14,17)(H2,15,16,18). The zero-order chi connectivity index (χ0) is 14.3. The fraction of sp³-hybridized carbons (Fsp3) is 0.846. The summed E-state index contributed by atoms with van der Waals surface area (Å²) in [5.74, 6) is 0.772. The van der Waals surface area contributed by atoms with Gasteiger partial charge in [-0.3, -0.25) is 0 Å². The number of nitrogens with zero attached hydrogens (tertiary/aromatic N) is 1. The Morgan fingerprint density at radius 1 is 1.42 bits per heavy atom. The first-order valence-electron chi connectivity index (χ1n) is 7.12. The second-order valence-electron chi connectivity index (χ2n) is 5.30. The van der Waals surface area contributed by atoms with Crippen molar-refractivity contribution in [1.29, 1.82) is 0 Å². The number of carbonyl (C=O) groups is 1. The first-order chi connectivity index (χ1) is 9.07. The number of nitrogens with two attached hydrogens (primary N) is 1. The van der Waals surface area contributed by atoms with Crippen molar-refractivity contribution >= 4 is 11.9 Å². The minimum absolute atomic E-state index is 0.105. The summed E-state index contributed by atoms with van der Waals surface area (Å²) in [5, 5.41) is 17.7. The minimum atomic E-state index is -0.696. The van der Waals surface area contributed by atoms with Gasteiger partial charge in [-0.2, -0.15) is 0 Å². The molecule has 0 unspecified atom stereocenters. The quantitative estimate of drug-likeness (QED) is 0.265. The molecule has 0 saturated heterocycles. The average molecular weight is 270 g/mol. The van der Waals surface area contributed by atoms with Crippen molar-refractivity contribution in [3.63, 3.8) is 0 Å². The van der Waals surface area contributed by atoms with Crippen molar-refractivity contribution in [3.05, 3.63) is 0 Å². The molecule has 0 heterocycles. The highest BCUT2D eigenvalue weighted by Gasteiger charge is 2.40. The van der Waals surface area contributed by atoms with Gasteiger partial charge in [-0.15, -0.1) is 0 Å². The Morgan fingerprint density at radius 3 is 2.53 bits per heavy atom. The lowest BCUT2D eigenvalue weighted by Crippen LogP contribution is -2.61. The molecule has 0 aromatic carbocycles. The fourth-order valence-electron chi connectivity index (χ4n) is 2.62. The molecule has 1 saturated carbocycles. The van der Waals surface area contributed by atoms with Crippen LogP contribution in [0, 0.1) is 5.92 Å². The van der Waals surface area contributed by atoms with E-state index < -0.39 is 5.54 Å². The molecule has 1 rings (SSSR count). The van der Waals surface area contributed by atoms with Gasteiger partial charge in [0.1, 0.15) is 5.54 Å². The van der Waals surface area contributed by atoms with Crippen LogP contribution < -0.4 is 16.4 Å². The molecule has 6 heteroatoms. The molecule has 2 amide bonds. The van der Waals surface area contributed by atoms with Crippen molar-refractivity contribution in [1.82, 2.24) is 10.6 Å². The van der Waals surface area contributed by atoms with Crippen LogP contribution in [0.25, 0.3) is 0 Å². The lowest BCUT2D eigenvalue weighted by atomic mass is 9.75. The SMILES string of the molecule is CCCNC(=O)NC1(/C(N)=N/O)CCC(CC)CC1. The molecule has 1 aliphatic carbocycles. The summed E-state index contributed by atoms with van der Waals surface area (Å²) in [4.78, 5) is 11.8. The van der Waals surface area contributed by atoms with Crippen molar-refractivity contribution in [2.75, 3.05) is 6.54 Å². The predicted octanol–water partition coefficient (Wildman–Crippen LogP) is 1.78. The maximum Gasteiger partial charge on any atom is 0.315 e. The predicted molar refractivity (Wildman–Crippen MR) is 75.2 cm³/mol. The summed E-state index contributed by atoms with van der Waals surface area (Å²) in [7, 11) is 0. The van der Waals surface area contributed by atoms with Crippen molar-refractivity contribution < 1.29 is 10.0 Å².